The van der Waals surface area contributed by atoms with Gasteiger partial charge in [-0.15, -0.1) is 0 Å². The zero-order chi connectivity index (χ0) is 21.2. The van der Waals surface area contributed by atoms with Gasteiger partial charge in [-0.05, 0) is 24.3 Å². The van der Waals surface area contributed by atoms with Crippen molar-refractivity contribution in [2.45, 2.75) is 12.1 Å². The summed E-state index contributed by atoms with van der Waals surface area (Å²) in [4.78, 5) is 6.18. The Labute approximate surface area is 187 Å². The summed E-state index contributed by atoms with van der Waals surface area (Å²) < 4.78 is 6.05. The third kappa shape index (κ3) is 2.52. The Bertz CT molecular complexity index is 1290. The van der Waals surface area contributed by atoms with Crippen LogP contribution in [0, 0.1) is 22.7 Å². The third-order valence-electron chi connectivity index (χ3n) is 5.79. The monoisotopic (exact) mass is 433 g/mol. The lowest BCUT2D eigenvalue weighted by molar-refractivity contribution is -0.497. The minimum atomic E-state index is -0.151. The van der Waals surface area contributed by atoms with Crippen molar-refractivity contribution in [1.29, 1.82) is 10.5 Å². The predicted molar refractivity (Wildman–Crippen MR) is 112 cm³/mol. The van der Waals surface area contributed by atoms with Crippen molar-refractivity contribution in [2.75, 3.05) is 33.1 Å². The van der Waals surface area contributed by atoms with E-state index >= 15 is 0 Å². The molecule has 0 bridgehead atoms. The van der Waals surface area contributed by atoms with E-state index in [9.17, 15) is 10.5 Å². The SMILES string of the molecule is CN(C)c1n2c(c3cccc[n+]13)C1C3C=CC=CN3C(=[N+](C)C)N1C(C#N)=C2C#N.[Cl-]. The number of anilines is 1. The lowest BCUT2D eigenvalue weighted by Gasteiger charge is -2.25. The standard InChI is InChI=1S/C22H22N8.ClH/c1-25(2)21-27-11-7-5-9-15(27)19-20-16-10-6-8-12-28(16)22(26(3)4)30(20)18(14-24)17(13-23)29(19)21;/h5-12,15,19H,1-4H3;1H/q+2;/p-1. The summed E-state index contributed by atoms with van der Waals surface area (Å²) >= 11 is 0. The highest BCUT2D eigenvalue weighted by molar-refractivity contribution is 5.89. The van der Waals surface area contributed by atoms with Crippen molar-refractivity contribution in [3.05, 3.63) is 60.2 Å². The summed E-state index contributed by atoms with van der Waals surface area (Å²) in [5.41, 5.74) is 2.72. The molecule has 2 aromatic heterocycles. The van der Waals surface area contributed by atoms with Crippen molar-refractivity contribution in [3.63, 3.8) is 0 Å². The number of imidazole rings is 1. The highest BCUT2D eigenvalue weighted by Crippen LogP contribution is 2.47. The van der Waals surface area contributed by atoms with Gasteiger partial charge in [0.05, 0.1) is 40.6 Å². The Kier molecular flexibility index (Phi) is 4.76. The first-order chi connectivity index (χ1) is 14.5. The molecule has 2 unspecified atom stereocenters. The fourth-order valence-corrected chi connectivity index (χ4v) is 4.85. The number of hydrogen-bond donors (Lipinski definition) is 0. The fourth-order valence-electron chi connectivity index (χ4n) is 4.85. The third-order valence-corrected chi connectivity index (χ3v) is 5.79. The van der Waals surface area contributed by atoms with Gasteiger partial charge in [0.15, 0.2) is 11.7 Å². The molecule has 0 saturated carbocycles. The van der Waals surface area contributed by atoms with Crippen molar-refractivity contribution in [1.82, 2.24) is 14.4 Å². The predicted octanol–water partition coefficient (Wildman–Crippen LogP) is -1.73. The molecular weight excluding hydrogens is 412 g/mol. The zero-order valence-electron chi connectivity index (χ0n) is 17.7. The van der Waals surface area contributed by atoms with Crippen LogP contribution in [-0.4, -0.2) is 59.1 Å². The van der Waals surface area contributed by atoms with Gasteiger partial charge in [-0.2, -0.15) is 15.1 Å². The van der Waals surface area contributed by atoms with Gasteiger partial charge in [0.1, 0.15) is 23.7 Å². The molecule has 2 aromatic rings. The molecule has 0 N–H and O–H groups in total. The first kappa shape index (κ1) is 20.5. The number of hydrogen-bond acceptors (Lipinski definition) is 3. The number of aromatic nitrogens is 2. The zero-order valence-corrected chi connectivity index (χ0v) is 18.5. The summed E-state index contributed by atoms with van der Waals surface area (Å²) in [6.45, 7) is 0. The molecule has 1 saturated heterocycles. The summed E-state index contributed by atoms with van der Waals surface area (Å²) in [7, 11) is 7.84. The fraction of sp³-hybridized carbons (Fsp3) is 0.273. The number of halogens is 1. The maximum Gasteiger partial charge on any atom is 0.370 e. The molecule has 0 aliphatic carbocycles. The van der Waals surface area contributed by atoms with Crippen LogP contribution < -0.4 is 21.7 Å². The van der Waals surface area contributed by atoms with Crippen LogP contribution in [0.3, 0.4) is 0 Å². The normalized spacial score (nSPS) is 20.6. The van der Waals surface area contributed by atoms with Crippen molar-refractivity contribution >= 4 is 23.1 Å². The number of pyridine rings is 1. The molecule has 0 radical (unpaired) electrons. The number of nitriles is 2. The van der Waals surface area contributed by atoms with Crippen LogP contribution in [0.5, 0.6) is 0 Å². The van der Waals surface area contributed by atoms with Crippen LogP contribution in [0.1, 0.15) is 11.7 Å². The lowest BCUT2D eigenvalue weighted by Crippen LogP contribution is -3.00. The first-order valence-corrected chi connectivity index (χ1v) is 9.75. The van der Waals surface area contributed by atoms with Gasteiger partial charge in [-0.1, -0.05) is 12.1 Å². The average Bonchev–Trinajstić information content (AvgIpc) is 3.25. The largest absolute Gasteiger partial charge is 1.00 e. The van der Waals surface area contributed by atoms with Gasteiger partial charge in [0, 0.05) is 0 Å². The molecule has 0 spiro atoms. The van der Waals surface area contributed by atoms with Crippen molar-refractivity contribution in [3.8, 4) is 12.1 Å². The van der Waals surface area contributed by atoms with Crippen molar-refractivity contribution in [2.24, 2.45) is 0 Å². The molecule has 2 atom stereocenters. The van der Waals surface area contributed by atoms with Gasteiger partial charge >= 0.3 is 11.9 Å². The number of nitrogens with zero attached hydrogens (tertiary/aromatic N) is 8. The van der Waals surface area contributed by atoms with Crippen LogP contribution in [0.4, 0.5) is 5.95 Å². The quantitative estimate of drug-likeness (QED) is 0.500. The summed E-state index contributed by atoms with van der Waals surface area (Å²) in [6, 6.07) is 10.6. The van der Waals surface area contributed by atoms with Crippen molar-refractivity contribution < 1.29 is 21.4 Å². The van der Waals surface area contributed by atoms with Crippen LogP contribution in [0.15, 0.2) is 54.5 Å². The number of rotatable bonds is 1. The van der Waals surface area contributed by atoms with Gasteiger partial charge in [0.2, 0.25) is 11.4 Å². The Morgan fingerprint density at radius 2 is 1.84 bits per heavy atom. The van der Waals surface area contributed by atoms with Gasteiger partial charge in [-0.3, -0.25) is 9.48 Å². The molecule has 1 fully saturated rings. The maximum absolute atomic E-state index is 10.2. The number of guanidine groups is 1. The van der Waals surface area contributed by atoms with E-state index in [0.29, 0.717) is 11.4 Å². The minimum Gasteiger partial charge on any atom is -1.00 e. The van der Waals surface area contributed by atoms with E-state index in [-0.39, 0.29) is 24.5 Å². The second-order valence-corrected chi connectivity index (χ2v) is 7.93. The highest BCUT2D eigenvalue weighted by atomic mass is 35.5. The maximum atomic E-state index is 10.2. The topological polar surface area (TPSA) is 69.3 Å². The Hall–Kier alpha value is -3.75. The van der Waals surface area contributed by atoms with E-state index in [4.69, 9.17) is 0 Å². The molecule has 5 rings (SSSR count). The second-order valence-electron chi connectivity index (χ2n) is 7.93. The molecule has 3 aliphatic rings. The highest BCUT2D eigenvalue weighted by Gasteiger charge is 2.60. The molecule has 0 aromatic carbocycles. The molecule has 9 heteroatoms. The molecule has 156 valence electrons. The van der Waals surface area contributed by atoms with E-state index in [1.54, 1.807) is 0 Å². The van der Waals surface area contributed by atoms with E-state index < -0.39 is 0 Å². The molecule has 8 nitrogen and oxygen atoms in total. The second kappa shape index (κ2) is 7.19. The smallest absolute Gasteiger partial charge is 0.370 e. The first-order valence-electron chi connectivity index (χ1n) is 9.75. The van der Waals surface area contributed by atoms with E-state index in [2.05, 4.69) is 33.6 Å². The summed E-state index contributed by atoms with van der Waals surface area (Å²) in [6.07, 6.45) is 10.2. The average molecular weight is 434 g/mol. The van der Waals surface area contributed by atoms with Crippen LogP contribution >= 0.6 is 0 Å². The molecule has 31 heavy (non-hydrogen) atoms. The Morgan fingerprint density at radius 1 is 1.10 bits per heavy atom. The van der Waals surface area contributed by atoms with Crippen LogP contribution in [-0.2, 0) is 0 Å². The van der Waals surface area contributed by atoms with Gasteiger partial charge in [-0.25, -0.2) is 14.2 Å². The van der Waals surface area contributed by atoms with Gasteiger partial charge in [0.25, 0.3) is 0 Å². The molecule has 5 heterocycles. The van der Waals surface area contributed by atoms with Crippen LogP contribution in [0.2, 0.25) is 0 Å². The molecular formula is C22H22ClN8+. The van der Waals surface area contributed by atoms with Gasteiger partial charge < -0.3 is 12.4 Å². The molecule has 0 amide bonds. The lowest BCUT2D eigenvalue weighted by atomic mass is 9.98. The molecule has 3 aliphatic heterocycles. The summed E-state index contributed by atoms with van der Waals surface area (Å²) in [5.74, 6) is 1.72. The Balaban J connectivity index is 0.00000231. The minimum absolute atomic E-state index is 0. The van der Waals surface area contributed by atoms with E-state index in [1.807, 2.05) is 83.8 Å². The summed E-state index contributed by atoms with van der Waals surface area (Å²) in [5, 5.41) is 20.4. The van der Waals surface area contributed by atoms with Crippen LogP contribution in [0.25, 0.3) is 11.2 Å². The number of fused-ring (bicyclic) bond motifs is 7. The Morgan fingerprint density at radius 3 is 2.48 bits per heavy atom. The van der Waals surface area contributed by atoms with E-state index in [0.717, 1.165) is 23.1 Å². The van der Waals surface area contributed by atoms with E-state index in [1.165, 1.54) is 0 Å². The number of allylic oxidation sites excluding steroid dienone is 4.